The molecular weight excluding hydrogens is 328 g/mol. The van der Waals surface area contributed by atoms with E-state index in [1.807, 2.05) is 0 Å². The van der Waals surface area contributed by atoms with Crippen molar-refractivity contribution in [1.82, 2.24) is 5.32 Å². The third-order valence-corrected chi connectivity index (χ3v) is 3.50. The first-order valence-electron chi connectivity index (χ1n) is 6.04. The van der Waals surface area contributed by atoms with E-state index in [-0.39, 0.29) is 17.9 Å². The minimum Gasteiger partial charge on any atom is -0.352 e. The van der Waals surface area contributed by atoms with Gasteiger partial charge in [0.2, 0.25) is 0 Å². The van der Waals surface area contributed by atoms with Crippen LogP contribution in [0.5, 0.6) is 0 Å². The van der Waals surface area contributed by atoms with Gasteiger partial charge in [-0.05, 0) is 52.2 Å². The van der Waals surface area contributed by atoms with Gasteiger partial charge in [0.15, 0.2) is 0 Å². The molecule has 0 fully saturated rings. The summed E-state index contributed by atoms with van der Waals surface area (Å²) >= 11 is 3.19. The first-order chi connectivity index (χ1) is 9.58. The summed E-state index contributed by atoms with van der Waals surface area (Å²) in [5.74, 6) is -1.17. The lowest BCUT2D eigenvalue weighted by molar-refractivity contribution is 0.0953. The molecule has 0 atom stereocenters. The van der Waals surface area contributed by atoms with Crippen molar-refractivity contribution in [2.24, 2.45) is 0 Å². The average Bonchev–Trinajstić information content (AvgIpc) is 2.43. The van der Waals surface area contributed by atoms with Crippen molar-refractivity contribution in [3.8, 4) is 0 Å². The van der Waals surface area contributed by atoms with Gasteiger partial charge >= 0.3 is 0 Å². The lowest BCUT2D eigenvalue weighted by Gasteiger charge is -2.07. The Morgan fingerprint density at radius 3 is 2.65 bits per heavy atom. The number of rotatable bonds is 4. The molecule has 1 amide bonds. The van der Waals surface area contributed by atoms with Crippen LogP contribution in [0.25, 0.3) is 0 Å². The second-order valence-electron chi connectivity index (χ2n) is 4.22. The molecule has 20 heavy (non-hydrogen) atoms. The van der Waals surface area contributed by atoms with Crippen LogP contribution in [0.3, 0.4) is 0 Å². The zero-order valence-electron chi connectivity index (χ0n) is 10.5. The van der Waals surface area contributed by atoms with Crippen molar-refractivity contribution in [1.29, 1.82) is 0 Å². The van der Waals surface area contributed by atoms with E-state index >= 15 is 0 Å². The largest absolute Gasteiger partial charge is 0.352 e. The average molecular weight is 340 g/mol. The molecule has 0 saturated heterocycles. The van der Waals surface area contributed by atoms with Crippen molar-refractivity contribution in [3.63, 3.8) is 0 Å². The number of amides is 1. The molecule has 0 spiro atoms. The molecule has 0 heterocycles. The Balaban J connectivity index is 1.96. The monoisotopic (exact) mass is 339 g/mol. The van der Waals surface area contributed by atoms with Crippen molar-refractivity contribution >= 4 is 21.8 Å². The minimum absolute atomic E-state index is 0.221. The molecule has 0 aliphatic heterocycles. The van der Waals surface area contributed by atoms with Crippen molar-refractivity contribution < 1.29 is 13.6 Å². The Bertz CT molecular complexity index is 631. The summed E-state index contributed by atoms with van der Waals surface area (Å²) in [5, 5.41) is 2.64. The number of carbonyl (C=O) groups is 1. The third kappa shape index (κ3) is 3.63. The van der Waals surface area contributed by atoms with E-state index in [1.54, 1.807) is 18.2 Å². The van der Waals surface area contributed by atoms with Crippen molar-refractivity contribution in [2.45, 2.75) is 6.42 Å². The first-order valence-corrected chi connectivity index (χ1v) is 6.84. The summed E-state index contributed by atoms with van der Waals surface area (Å²) in [6, 6.07) is 10.3. The number of benzene rings is 2. The van der Waals surface area contributed by atoms with Gasteiger partial charge in [0.05, 0.1) is 5.56 Å². The quantitative estimate of drug-likeness (QED) is 0.904. The van der Waals surface area contributed by atoms with Gasteiger partial charge in [0.25, 0.3) is 5.91 Å². The van der Waals surface area contributed by atoms with Crippen LogP contribution in [0, 0.1) is 11.6 Å². The summed E-state index contributed by atoms with van der Waals surface area (Å²) in [4.78, 5) is 11.9. The topological polar surface area (TPSA) is 29.1 Å². The summed E-state index contributed by atoms with van der Waals surface area (Å²) in [6.45, 7) is 0.280. The summed E-state index contributed by atoms with van der Waals surface area (Å²) in [7, 11) is 0. The molecule has 0 bridgehead atoms. The van der Waals surface area contributed by atoms with Gasteiger partial charge < -0.3 is 5.32 Å². The Morgan fingerprint density at radius 1 is 1.15 bits per heavy atom. The van der Waals surface area contributed by atoms with E-state index in [0.29, 0.717) is 16.5 Å². The van der Waals surface area contributed by atoms with Gasteiger partial charge in [-0.1, -0.05) is 18.2 Å². The van der Waals surface area contributed by atoms with Crippen LogP contribution < -0.4 is 5.32 Å². The Hall–Kier alpha value is -1.75. The molecule has 1 N–H and O–H groups in total. The third-order valence-electron chi connectivity index (χ3n) is 2.81. The van der Waals surface area contributed by atoms with Gasteiger partial charge in [-0.15, -0.1) is 0 Å². The highest BCUT2D eigenvalue weighted by Crippen LogP contribution is 2.17. The number of carbonyl (C=O) groups excluding carboxylic acids is 1. The van der Waals surface area contributed by atoms with Crippen LogP contribution >= 0.6 is 15.9 Å². The van der Waals surface area contributed by atoms with Crippen LogP contribution in [0.2, 0.25) is 0 Å². The molecule has 104 valence electrons. The maximum absolute atomic E-state index is 13.4. The van der Waals surface area contributed by atoms with Gasteiger partial charge in [-0.2, -0.15) is 0 Å². The fourth-order valence-corrected chi connectivity index (χ4v) is 2.21. The van der Waals surface area contributed by atoms with E-state index in [1.165, 1.54) is 18.2 Å². The van der Waals surface area contributed by atoms with Crippen molar-refractivity contribution in [3.05, 3.63) is 69.7 Å². The molecular formula is C15H12BrF2NO. The molecule has 5 heteroatoms. The van der Waals surface area contributed by atoms with Gasteiger partial charge in [0, 0.05) is 11.0 Å². The number of nitrogens with one attached hydrogen (secondary N) is 1. The Labute approximate surface area is 123 Å². The Kier molecular flexibility index (Phi) is 4.84. The maximum Gasteiger partial charge on any atom is 0.252 e. The minimum atomic E-state index is -0.479. The van der Waals surface area contributed by atoms with Crippen LogP contribution in [0.1, 0.15) is 15.9 Å². The molecule has 0 unspecified atom stereocenters. The van der Waals surface area contributed by atoms with Gasteiger partial charge in [-0.25, -0.2) is 8.78 Å². The van der Waals surface area contributed by atoms with Crippen LogP contribution in [-0.2, 0) is 6.42 Å². The molecule has 0 aromatic heterocycles. The zero-order chi connectivity index (χ0) is 14.5. The number of halogens is 3. The first kappa shape index (κ1) is 14.7. The van der Waals surface area contributed by atoms with Crippen LogP contribution in [0.4, 0.5) is 8.78 Å². The van der Waals surface area contributed by atoms with Crippen LogP contribution in [0.15, 0.2) is 46.9 Å². The fraction of sp³-hybridized carbons (Fsp3) is 0.133. The van der Waals surface area contributed by atoms with Gasteiger partial charge in [0.1, 0.15) is 11.6 Å². The molecule has 0 aliphatic carbocycles. The smallest absolute Gasteiger partial charge is 0.252 e. The fourth-order valence-electron chi connectivity index (χ4n) is 1.78. The van der Waals surface area contributed by atoms with E-state index in [0.717, 1.165) is 6.07 Å². The molecule has 2 nitrogen and oxygen atoms in total. The molecule has 2 aromatic carbocycles. The highest BCUT2D eigenvalue weighted by Gasteiger charge is 2.11. The lowest BCUT2D eigenvalue weighted by Crippen LogP contribution is -2.26. The highest BCUT2D eigenvalue weighted by molar-refractivity contribution is 9.10. The summed E-state index contributed by atoms with van der Waals surface area (Å²) < 4.78 is 27.0. The molecule has 0 saturated carbocycles. The normalized spacial score (nSPS) is 10.3. The SMILES string of the molecule is O=C(NCCc1ccccc1F)c1cc(F)ccc1Br. The van der Waals surface area contributed by atoms with E-state index < -0.39 is 11.7 Å². The van der Waals surface area contributed by atoms with Crippen LogP contribution in [-0.4, -0.2) is 12.5 Å². The predicted molar refractivity (Wildman–Crippen MR) is 76.5 cm³/mol. The zero-order valence-corrected chi connectivity index (χ0v) is 12.1. The van der Waals surface area contributed by atoms with E-state index in [9.17, 15) is 13.6 Å². The molecule has 2 aromatic rings. The second-order valence-corrected chi connectivity index (χ2v) is 5.08. The molecule has 0 radical (unpaired) electrons. The lowest BCUT2D eigenvalue weighted by atomic mass is 10.1. The summed E-state index contributed by atoms with van der Waals surface area (Å²) in [5.41, 5.74) is 0.754. The molecule has 2 rings (SSSR count). The second kappa shape index (κ2) is 6.61. The maximum atomic E-state index is 13.4. The highest BCUT2D eigenvalue weighted by atomic mass is 79.9. The molecule has 0 aliphatic rings. The standard InChI is InChI=1S/C15H12BrF2NO/c16-13-6-5-11(17)9-12(13)15(20)19-8-7-10-3-1-2-4-14(10)18/h1-6,9H,7-8H2,(H,19,20). The predicted octanol–water partition coefficient (Wildman–Crippen LogP) is 3.70. The van der Waals surface area contributed by atoms with Crippen molar-refractivity contribution in [2.75, 3.05) is 6.54 Å². The number of hydrogen-bond acceptors (Lipinski definition) is 1. The summed E-state index contributed by atoms with van der Waals surface area (Å²) in [6.07, 6.45) is 0.380. The van der Waals surface area contributed by atoms with E-state index in [4.69, 9.17) is 0 Å². The Morgan fingerprint density at radius 2 is 1.90 bits per heavy atom. The van der Waals surface area contributed by atoms with E-state index in [2.05, 4.69) is 21.2 Å². The van der Waals surface area contributed by atoms with Gasteiger partial charge in [-0.3, -0.25) is 4.79 Å². The number of hydrogen-bond donors (Lipinski definition) is 1.